The van der Waals surface area contributed by atoms with E-state index in [2.05, 4.69) is 19.2 Å². The lowest BCUT2D eigenvalue weighted by Crippen LogP contribution is -2.14. The Balaban J connectivity index is 1.69. The number of carbonyl (C=O) groups is 1. The van der Waals surface area contributed by atoms with E-state index in [1.165, 1.54) is 0 Å². The summed E-state index contributed by atoms with van der Waals surface area (Å²) in [5.74, 6) is 0.0743. The molecule has 0 atom stereocenters. The van der Waals surface area contributed by atoms with E-state index in [1.54, 1.807) is 36.4 Å². The van der Waals surface area contributed by atoms with Crippen LogP contribution in [0.5, 0.6) is 0 Å². The molecule has 0 radical (unpaired) electrons. The predicted molar refractivity (Wildman–Crippen MR) is 116 cm³/mol. The molecule has 4 nitrogen and oxygen atoms in total. The Morgan fingerprint density at radius 3 is 2.48 bits per heavy atom. The molecule has 1 heterocycles. The number of hydrogen-bond donors (Lipinski definition) is 1. The van der Waals surface area contributed by atoms with Crippen molar-refractivity contribution in [2.45, 2.75) is 19.8 Å². The Morgan fingerprint density at radius 1 is 0.897 bits per heavy atom. The maximum atomic E-state index is 12.9. The molecule has 4 heteroatoms. The fraction of sp³-hybridized carbons (Fsp3) is 0.120. The average Bonchev–Trinajstić information content (AvgIpc) is 2.73. The SMILES string of the molecule is CC(C)c1ccccc1NC(=O)c1cccc(-c2cc3ccccc3oc2=O)c1. The van der Waals surface area contributed by atoms with Gasteiger partial charge in [0.15, 0.2) is 0 Å². The first-order chi connectivity index (χ1) is 14.0. The Hall–Kier alpha value is -3.66. The molecule has 0 saturated heterocycles. The van der Waals surface area contributed by atoms with Gasteiger partial charge in [-0.15, -0.1) is 0 Å². The van der Waals surface area contributed by atoms with Crippen LogP contribution in [-0.4, -0.2) is 5.91 Å². The van der Waals surface area contributed by atoms with Gasteiger partial charge in [0.25, 0.3) is 5.91 Å². The molecule has 0 fully saturated rings. The number of carbonyl (C=O) groups excluding carboxylic acids is 1. The number of benzene rings is 3. The molecule has 0 aliphatic rings. The molecule has 1 N–H and O–H groups in total. The summed E-state index contributed by atoms with van der Waals surface area (Å²) in [5.41, 5.74) is 3.55. The Bertz CT molecular complexity index is 1250. The zero-order valence-corrected chi connectivity index (χ0v) is 16.3. The van der Waals surface area contributed by atoms with E-state index in [-0.39, 0.29) is 5.91 Å². The minimum atomic E-state index is -0.425. The van der Waals surface area contributed by atoms with Crippen LogP contribution in [-0.2, 0) is 0 Å². The molecular formula is C25H21NO3. The van der Waals surface area contributed by atoms with Crippen molar-refractivity contribution in [1.82, 2.24) is 0 Å². The lowest BCUT2D eigenvalue weighted by atomic mass is 10.0. The van der Waals surface area contributed by atoms with Crippen molar-refractivity contribution in [2.24, 2.45) is 0 Å². The minimum Gasteiger partial charge on any atom is -0.422 e. The second kappa shape index (κ2) is 7.76. The summed E-state index contributed by atoms with van der Waals surface area (Å²) in [7, 11) is 0. The zero-order valence-electron chi connectivity index (χ0n) is 16.3. The third kappa shape index (κ3) is 3.83. The number of hydrogen-bond acceptors (Lipinski definition) is 3. The van der Waals surface area contributed by atoms with Gasteiger partial charge in [-0.05, 0) is 47.4 Å². The van der Waals surface area contributed by atoms with Gasteiger partial charge in [-0.2, -0.15) is 0 Å². The van der Waals surface area contributed by atoms with Crippen LogP contribution in [0.1, 0.15) is 35.7 Å². The topological polar surface area (TPSA) is 59.3 Å². The summed E-state index contributed by atoms with van der Waals surface area (Å²) in [5, 5.41) is 3.83. The largest absolute Gasteiger partial charge is 0.422 e. The van der Waals surface area contributed by atoms with Gasteiger partial charge in [0.2, 0.25) is 0 Å². The van der Waals surface area contributed by atoms with E-state index in [0.29, 0.717) is 28.2 Å². The third-order valence-electron chi connectivity index (χ3n) is 4.91. The number of para-hydroxylation sites is 2. The maximum Gasteiger partial charge on any atom is 0.344 e. The van der Waals surface area contributed by atoms with Crippen molar-refractivity contribution in [3.63, 3.8) is 0 Å². The van der Waals surface area contributed by atoms with Gasteiger partial charge in [-0.1, -0.05) is 62.4 Å². The Labute approximate surface area is 168 Å². The summed E-state index contributed by atoms with van der Waals surface area (Å²) in [4.78, 5) is 25.3. The molecule has 4 aromatic rings. The van der Waals surface area contributed by atoms with Crippen molar-refractivity contribution in [3.8, 4) is 11.1 Å². The van der Waals surface area contributed by atoms with Crippen molar-refractivity contribution >= 4 is 22.6 Å². The second-order valence-electron chi connectivity index (χ2n) is 7.26. The fourth-order valence-corrected chi connectivity index (χ4v) is 3.40. The summed E-state index contributed by atoms with van der Waals surface area (Å²) < 4.78 is 5.43. The van der Waals surface area contributed by atoms with Crippen molar-refractivity contribution in [3.05, 3.63) is 100 Å². The first-order valence-electron chi connectivity index (χ1n) is 9.56. The molecule has 3 aromatic carbocycles. The lowest BCUT2D eigenvalue weighted by molar-refractivity contribution is 0.102. The molecule has 4 rings (SSSR count). The van der Waals surface area contributed by atoms with E-state index in [0.717, 1.165) is 16.6 Å². The molecule has 0 bridgehead atoms. The summed E-state index contributed by atoms with van der Waals surface area (Å²) >= 11 is 0. The maximum absolute atomic E-state index is 12.9. The highest BCUT2D eigenvalue weighted by Gasteiger charge is 2.13. The zero-order chi connectivity index (χ0) is 20.4. The van der Waals surface area contributed by atoms with Gasteiger partial charge in [0.1, 0.15) is 5.58 Å². The monoisotopic (exact) mass is 383 g/mol. The van der Waals surface area contributed by atoms with Crippen LogP contribution in [0.25, 0.3) is 22.1 Å². The normalized spacial score (nSPS) is 11.0. The second-order valence-corrected chi connectivity index (χ2v) is 7.26. The molecule has 1 aromatic heterocycles. The van der Waals surface area contributed by atoms with Gasteiger partial charge in [-0.3, -0.25) is 4.79 Å². The number of anilines is 1. The van der Waals surface area contributed by atoms with E-state index >= 15 is 0 Å². The van der Waals surface area contributed by atoms with Gasteiger partial charge >= 0.3 is 5.63 Å². The van der Waals surface area contributed by atoms with E-state index in [9.17, 15) is 9.59 Å². The molecule has 144 valence electrons. The summed E-state index contributed by atoms with van der Waals surface area (Å²) in [6.07, 6.45) is 0. The van der Waals surface area contributed by atoms with E-state index in [4.69, 9.17) is 4.42 Å². The van der Waals surface area contributed by atoms with Crippen LogP contribution in [0.4, 0.5) is 5.69 Å². The fourth-order valence-electron chi connectivity index (χ4n) is 3.40. The van der Waals surface area contributed by atoms with Crippen LogP contribution < -0.4 is 10.9 Å². The number of fused-ring (bicyclic) bond motifs is 1. The average molecular weight is 383 g/mol. The number of amides is 1. The highest BCUT2D eigenvalue weighted by molar-refractivity contribution is 6.05. The minimum absolute atomic E-state index is 0.217. The molecule has 0 aliphatic heterocycles. The van der Waals surface area contributed by atoms with E-state index < -0.39 is 5.63 Å². The number of rotatable bonds is 4. The van der Waals surface area contributed by atoms with E-state index in [1.807, 2.05) is 42.5 Å². The summed E-state index contributed by atoms with van der Waals surface area (Å²) in [6, 6.07) is 24.0. The van der Waals surface area contributed by atoms with Crippen LogP contribution in [0.15, 0.2) is 88.1 Å². The smallest absolute Gasteiger partial charge is 0.344 e. The molecule has 0 spiro atoms. The first kappa shape index (κ1) is 18.7. The van der Waals surface area contributed by atoms with Gasteiger partial charge in [-0.25, -0.2) is 4.79 Å². The highest BCUT2D eigenvalue weighted by atomic mass is 16.4. The Morgan fingerprint density at radius 2 is 1.66 bits per heavy atom. The van der Waals surface area contributed by atoms with Crippen molar-refractivity contribution in [2.75, 3.05) is 5.32 Å². The highest BCUT2D eigenvalue weighted by Crippen LogP contribution is 2.25. The standard InChI is InChI=1S/C25H21NO3/c1-16(2)20-11-4-5-12-22(20)26-24(27)19-10-7-9-17(14-19)21-15-18-8-3-6-13-23(18)29-25(21)28/h3-16H,1-2H3,(H,26,27). The first-order valence-corrected chi connectivity index (χ1v) is 9.56. The van der Waals surface area contributed by atoms with Crippen LogP contribution in [0, 0.1) is 0 Å². The Kier molecular flexibility index (Phi) is 5.00. The van der Waals surface area contributed by atoms with Gasteiger partial charge < -0.3 is 9.73 Å². The van der Waals surface area contributed by atoms with Crippen LogP contribution in [0.3, 0.4) is 0 Å². The molecule has 29 heavy (non-hydrogen) atoms. The molecule has 0 unspecified atom stereocenters. The quantitative estimate of drug-likeness (QED) is 0.451. The van der Waals surface area contributed by atoms with Gasteiger partial charge in [0.05, 0.1) is 5.56 Å². The predicted octanol–water partition coefficient (Wildman–Crippen LogP) is 5.84. The van der Waals surface area contributed by atoms with Crippen molar-refractivity contribution in [1.29, 1.82) is 0 Å². The molecule has 1 amide bonds. The molecule has 0 saturated carbocycles. The van der Waals surface area contributed by atoms with Crippen molar-refractivity contribution < 1.29 is 9.21 Å². The van der Waals surface area contributed by atoms with Crippen LogP contribution in [0.2, 0.25) is 0 Å². The number of nitrogens with one attached hydrogen (secondary N) is 1. The van der Waals surface area contributed by atoms with Gasteiger partial charge in [0, 0.05) is 16.6 Å². The van der Waals surface area contributed by atoms with Crippen LogP contribution >= 0.6 is 0 Å². The lowest BCUT2D eigenvalue weighted by Gasteiger charge is -2.14. The summed E-state index contributed by atoms with van der Waals surface area (Å²) in [6.45, 7) is 4.18. The third-order valence-corrected chi connectivity index (χ3v) is 4.91. The molecular weight excluding hydrogens is 362 g/mol. The molecule has 0 aliphatic carbocycles.